The van der Waals surface area contributed by atoms with E-state index in [-0.39, 0.29) is 0 Å². The quantitative estimate of drug-likeness (QED) is 0.643. The molecule has 2 rings (SSSR count). The lowest BCUT2D eigenvalue weighted by Gasteiger charge is -2.26. The minimum Gasteiger partial charge on any atom is -0.274 e. The molecule has 9 nitrogen and oxygen atoms in total. The molecule has 2 heterocycles. The summed E-state index contributed by atoms with van der Waals surface area (Å²) in [5, 5.41) is 8.58. The van der Waals surface area contributed by atoms with Gasteiger partial charge >= 0.3 is 11.7 Å². The number of imide groups is 1. The van der Waals surface area contributed by atoms with E-state index >= 15 is 0 Å². The smallest absolute Gasteiger partial charge is 0.274 e. The highest BCUT2D eigenvalue weighted by molar-refractivity contribution is 5.99. The minimum absolute atomic E-state index is 0.598. The summed E-state index contributed by atoms with van der Waals surface area (Å²) in [5.41, 5.74) is -3.10. The summed E-state index contributed by atoms with van der Waals surface area (Å²) in [5.74, 6) is -0.799. The number of amides is 3. The first-order chi connectivity index (χ1) is 7.93. The van der Waals surface area contributed by atoms with Crippen LogP contribution in [0.3, 0.4) is 0 Å². The number of urea groups is 1. The van der Waals surface area contributed by atoms with Gasteiger partial charge in [-0.25, -0.2) is 9.59 Å². The van der Waals surface area contributed by atoms with E-state index in [9.17, 15) is 19.2 Å². The number of H-pyrrole nitrogens is 1. The Bertz CT molecular complexity index is 642. The van der Waals surface area contributed by atoms with E-state index in [4.69, 9.17) is 0 Å². The van der Waals surface area contributed by atoms with Crippen molar-refractivity contribution in [2.75, 3.05) is 0 Å². The van der Waals surface area contributed by atoms with Gasteiger partial charge in [-0.2, -0.15) is 0 Å². The van der Waals surface area contributed by atoms with Crippen LogP contribution in [-0.2, 0) is 10.5 Å². The Kier molecular flexibility index (Phi) is 2.23. The highest BCUT2D eigenvalue weighted by Crippen LogP contribution is 2.18. The molecule has 0 saturated heterocycles. The van der Waals surface area contributed by atoms with Crippen LogP contribution >= 0.6 is 0 Å². The molecule has 1 aromatic heterocycles. The summed E-state index contributed by atoms with van der Waals surface area (Å²) in [6, 6.07) is 0.163. The molecule has 0 saturated carbocycles. The summed E-state index contributed by atoms with van der Waals surface area (Å²) in [6.07, 6.45) is 1.11. The fourth-order valence-electron chi connectivity index (χ4n) is 1.35. The van der Waals surface area contributed by atoms with Crippen molar-refractivity contribution in [1.82, 2.24) is 14.9 Å². The van der Waals surface area contributed by atoms with Crippen LogP contribution in [0, 0.1) is 0 Å². The van der Waals surface area contributed by atoms with E-state index < -0.39 is 28.9 Å². The van der Waals surface area contributed by atoms with Gasteiger partial charge in [-0.05, 0) is 6.92 Å². The first-order valence-electron chi connectivity index (χ1n) is 4.54. The Hall–Kier alpha value is -2.58. The lowest BCUT2D eigenvalue weighted by molar-refractivity contribution is -0.128. The number of nitrogens with one attached hydrogen (secondary N) is 2. The fraction of sp³-hybridized carbons (Fsp3) is 0.250. The van der Waals surface area contributed by atoms with Crippen LogP contribution in [0.2, 0.25) is 0 Å². The molecule has 2 N–H and O–H groups in total. The molecule has 1 unspecified atom stereocenters. The Morgan fingerprint density at radius 2 is 2.00 bits per heavy atom. The van der Waals surface area contributed by atoms with Gasteiger partial charge in [0, 0.05) is 12.3 Å². The van der Waals surface area contributed by atoms with Crippen LogP contribution in [0.25, 0.3) is 0 Å². The number of nitrogens with zero attached hydrogens (tertiary/aromatic N) is 3. The normalized spacial score (nSPS) is 23.6. The Labute approximate surface area is 93.2 Å². The first kappa shape index (κ1) is 10.9. The average molecular weight is 237 g/mol. The number of azo groups is 1. The van der Waals surface area contributed by atoms with Crippen molar-refractivity contribution < 1.29 is 9.59 Å². The van der Waals surface area contributed by atoms with Crippen molar-refractivity contribution >= 4 is 11.9 Å². The van der Waals surface area contributed by atoms with Gasteiger partial charge in [-0.3, -0.25) is 24.5 Å². The molecule has 0 spiro atoms. The van der Waals surface area contributed by atoms with Crippen molar-refractivity contribution in [3.05, 3.63) is 33.1 Å². The molecule has 88 valence electrons. The Morgan fingerprint density at radius 1 is 1.29 bits per heavy atom. The monoisotopic (exact) mass is 237 g/mol. The maximum atomic E-state index is 11.6. The number of hydrogen-bond donors (Lipinski definition) is 2. The lowest BCUT2D eigenvalue weighted by atomic mass is 10.2. The maximum absolute atomic E-state index is 11.6. The molecular formula is C8H7N5O4. The zero-order valence-electron chi connectivity index (χ0n) is 8.63. The minimum atomic E-state index is -1.69. The summed E-state index contributed by atoms with van der Waals surface area (Å²) in [6.45, 7) is 1.29. The molecule has 0 radical (unpaired) electrons. The third kappa shape index (κ3) is 1.67. The van der Waals surface area contributed by atoms with Gasteiger partial charge in [0.05, 0.1) is 0 Å². The molecule has 1 aromatic rings. The highest BCUT2D eigenvalue weighted by Gasteiger charge is 2.40. The molecule has 9 heteroatoms. The summed E-state index contributed by atoms with van der Waals surface area (Å²) < 4.78 is 0.875. The van der Waals surface area contributed by atoms with E-state index in [1.807, 2.05) is 10.3 Å². The van der Waals surface area contributed by atoms with Crippen molar-refractivity contribution in [1.29, 1.82) is 0 Å². The molecule has 3 amide bonds. The number of carbonyl (C=O) groups is 2. The van der Waals surface area contributed by atoms with E-state index in [2.05, 4.69) is 10.2 Å². The molecule has 0 fully saturated rings. The molecule has 0 aliphatic carbocycles. The van der Waals surface area contributed by atoms with Crippen LogP contribution < -0.4 is 16.6 Å². The van der Waals surface area contributed by atoms with Crippen LogP contribution in [-0.4, -0.2) is 21.5 Å². The van der Waals surface area contributed by atoms with Gasteiger partial charge in [-0.1, -0.05) is 5.11 Å². The first-order valence-corrected chi connectivity index (χ1v) is 4.54. The predicted molar refractivity (Wildman–Crippen MR) is 53.4 cm³/mol. The zero-order chi connectivity index (χ0) is 12.6. The fourth-order valence-corrected chi connectivity index (χ4v) is 1.35. The van der Waals surface area contributed by atoms with E-state index in [0.29, 0.717) is 0 Å². The number of rotatable bonds is 1. The van der Waals surface area contributed by atoms with Crippen LogP contribution in [0.4, 0.5) is 4.79 Å². The van der Waals surface area contributed by atoms with Gasteiger partial charge < -0.3 is 0 Å². The van der Waals surface area contributed by atoms with E-state index in [0.717, 1.165) is 16.8 Å². The van der Waals surface area contributed by atoms with Crippen molar-refractivity contribution in [2.45, 2.75) is 12.6 Å². The molecule has 17 heavy (non-hydrogen) atoms. The average Bonchev–Trinajstić information content (AvgIpc) is 2.24. The summed E-state index contributed by atoms with van der Waals surface area (Å²) in [4.78, 5) is 46.8. The topological polar surface area (TPSA) is 126 Å². The van der Waals surface area contributed by atoms with E-state index in [1.165, 1.54) is 6.92 Å². The SMILES string of the molecule is CC1(n2ccc(=O)[nH]c2=O)N=NC(=O)NC1=O. The highest BCUT2D eigenvalue weighted by atomic mass is 16.2. The number of carbonyl (C=O) groups excluding carboxylic acids is 2. The largest absolute Gasteiger partial charge is 0.366 e. The van der Waals surface area contributed by atoms with Crippen molar-refractivity contribution in [3.63, 3.8) is 0 Å². The number of aromatic nitrogens is 2. The standard InChI is InChI=1S/C8H7N5O4/c1-8(5(15)10-6(16)11-12-8)13-3-2-4(14)9-7(13)17/h2-3H,1H3,(H,9,14,17)(H,10,15,16). The maximum Gasteiger partial charge on any atom is 0.366 e. The Morgan fingerprint density at radius 3 is 2.59 bits per heavy atom. The van der Waals surface area contributed by atoms with E-state index in [1.54, 1.807) is 0 Å². The van der Waals surface area contributed by atoms with Crippen molar-refractivity contribution in [2.24, 2.45) is 10.2 Å². The van der Waals surface area contributed by atoms with Gasteiger partial charge in [0.2, 0.25) is 5.66 Å². The second kappa shape index (κ2) is 3.47. The second-order valence-corrected chi connectivity index (χ2v) is 3.46. The molecule has 0 bridgehead atoms. The van der Waals surface area contributed by atoms with Crippen LogP contribution in [0.5, 0.6) is 0 Å². The molecule has 0 aromatic carbocycles. The predicted octanol–water partition coefficient (Wildman–Crippen LogP) is -1.09. The number of aromatic amines is 1. The Balaban J connectivity index is 2.63. The number of hydrogen-bond acceptors (Lipinski definition) is 5. The third-order valence-electron chi connectivity index (χ3n) is 2.28. The van der Waals surface area contributed by atoms with Gasteiger partial charge in [0.1, 0.15) is 0 Å². The third-order valence-corrected chi connectivity index (χ3v) is 2.28. The molecular weight excluding hydrogens is 230 g/mol. The van der Waals surface area contributed by atoms with Gasteiger partial charge in [-0.15, -0.1) is 5.11 Å². The zero-order valence-corrected chi connectivity index (χ0v) is 8.63. The molecule has 1 aliphatic heterocycles. The van der Waals surface area contributed by atoms with Crippen LogP contribution in [0.15, 0.2) is 32.1 Å². The van der Waals surface area contributed by atoms with Crippen molar-refractivity contribution in [3.8, 4) is 0 Å². The van der Waals surface area contributed by atoms with Crippen LogP contribution in [0.1, 0.15) is 6.92 Å². The second-order valence-electron chi connectivity index (χ2n) is 3.46. The van der Waals surface area contributed by atoms with Gasteiger partial charge in [0.15, 0.2) is 0 Å². The summed E-state index contributed by atoms with van der Waals surface area (Å²) in [7, 11) is 0. The molecule has 1 aliphatic rings. The summed E-state index contributed by atoms with van der Waals surface area (Å²) >= 11 is 0. The molecule has 1 atom stereocenters. The van der Waals surface area contributed by atoms with Gasteiger partial charge in [0.25, 0.3) is 11.5 Å². The lowest BCUT2D eigenvalue weighted by Crippen LogP contribution is -2.53.